The van der Waals surface area contributed by atoms with Gasteiger partial charge >= 0.3 is 0 Å². The van der Waals surface area contributed by atoms with E-state index in [0.717, 1.165) is 64.2 Å². The number of carbonyl (C=O) groups is 1. The number of rotatable bonds is 8. The van der Waals surface area contributed by atoms with Gasteiger partial charge in [0.15, 0.2) is 5.69 Å². The Morgan fingerprint density at radius 2 is 2.07 bits per heavy atom. The average molecular weight is 378 g/mol. The van der Waals surface area contributed by atoms with E-state index in [4.69, 9.17) is 4.74 Å². The summed E-state index contributed by atoms with van der Waals surface area (Å²) in [6.07, 6.45) is 4.18. The number of amides is 1. The molecular formula is C20H35N5O2. The third kappa shape index (κ3) is 5.53. The molecule has 1 aromatic heterocycles. The summed E-state index contributed by atoms with van der Waals surface area (Å²) in [5.74, 6) is 0.672. The van der Waals surface area contributed by atoms with Crippen molar-refractivity contribution in [3.05, 3.63) is 17.0 Å². The lowest BCUT2D eigenvalue weighted by Crippen LogP contribution is -2.41. The number of hydrogen-bond acceptors (Lipinski definition) is 5. The van der Waals surface area contributed by atoms with Crippen LogP contribution in [0.1, 0.15) is 48.4 Å². The number of aryl methyl sites for hydroxylation is 1. The Bertz CT molecular complexity index is 622. The molecule has 1 fully saturated rings. The highest BCUT2D eigenvalue weighted by atomic mass is 16.5. The van der Waals surface area contributed by atoms with Crippen LogP contribution in [0.5, 0.6) is 0 Å². The molecule has 0 saturated carbocycles. The van der Waals surface area contributed by atoms with Gasteiger partial charge in [-0.05, 0) is 38.1 Å². The van der Waals surface area contributed by atoms with Gasteiger partial charge in [-0.2, -0.15) is 5.10 Å². The maximum atomic E-state index is 12.7. The molecular weight excluding hydrogens is 342 g/mol. The molecule has 1 amide bonds. The average Bonchev–Trinajstić information content (AvgIpc) is 2.98. The summed E-state index contributed by atoms with van der Waals surface area (Å²) in [5, 5.41) is 11.3. The van der Waals surface area contributed by atoms with E-state index in [1.165, 1.54) is 12.1 Å². The molecule has 2 aliphatic rings. The fourth-order valence-corrected chi connectivity index (χ4v) is 3.96. The van der Waals surface area contributed by atoms with E-state index in [1.807, 2.05) is 11.7 Å². The number of ether oxygens (including phenoxy) is 1. The van der Waals surface area contributed by atoms with Crippen molar-refractivity contribution in [2.45, 2.75) is 45.6 Å². The van der Waals surface area contributed by atoms with Crippen LogP contribution in [-0.4, -0.2) is 72.6 Å². The first kappa shape index (κ1) is 20.3. The minimum atomic E-state index is -0.0389. The smallest absolute Gasteiger partial charge is 0.272 e. The van der Waals surface area contributed by atoms with Crippen LogP contribution < -0.4 is 10.6 Å². The summed E-state index contributed by atoms with van der Waals surface area (Å²) in [4.78, 5) is 15.1. The first-order valence-corrected chi connectivity index (χ1v) is 10.4. The first-order valence-electron chi connectivity index (χ1n) is 10.4. The Kier molecular flexibility index (Phi) is 7.26. The van der Waals surface area contributed by atoms with Gasteiger partial charge in [0.05, 0.1) is 13.2 Å². The zero-order valence-corrected chi connectivity index (χ0v) is 17.1. The van der Waals surface area contributed by atoms with Crippen molar-refractivity contribution in [2.75, 3.05) is 45.9 Å². The molecule has 1 atom stereocenters. The molecule has 7 nitrogen and oxygen atoms in total. The van der Waals surface area contributed by atoms with Gasteiger partial charge in [0.2, 0.25) is 0 Å². The number of nitrogens with one attached hydrogen (secondary N) is 2. The molecule has 0 aromatic carbocycles. The minimum Gasteiger partial charge on any atom is -0.379 e. The maximum Gasteiger partial charge on any atom is 0.272 e. The Labute approximate surface area is 162 Å². The van der Waals surface area contributed by atoms with E-state index in [9.17, 15) is 4.79 Å². The fourth-order valence-electron chi connectivity index (χ4n) is 3.96. The number of carbonyl (C=O) groups excluding carboxylic acids is 1. The van der Waals surface area contributed by atoms with E-state index >= 15 is 0 Å². The van der Waals surface area contributed by atoms with Crippen LogP contribution in [0.3, 0.4) is 0 Å². The van der Waals surface area contributed by atoms with Crippen LogP contribution in [-0.2, 0) is 24.6 Å². The van der Waals surface area contributed by atoms with Crippen molar-refractivity contribution >= 4 is 5.91 Å². The van der Waals surface area contributed by atoms with E-state index in [0.29, 0.717) is 24.2 Å². The lowest BCUT2D eigenvalue weighted by atomic mass is 9.91. The van der Waals surface area contributed by atoms with Gasteiger partial charge in [-0.3, -0.25) is 14.4 Å². The number of nitrogens with zero attached hydrogens (tertiary/aromatic N) is 3. The van der Waals surface area contributed by atoms with E-state index in [2.05, 4.69) is 34.5 Å². The summed E-state index contributed by atoms with van der Waals surface area (Å²) in [5.41, 5.74) is 2.97. The van der Waals surface area contributed by atoms with Crippen LogP contribution in [0.25, 0.3) is 0 Å². The van der Waals surface area contributed by atoms with Gasteiger partial charge < -0.3 is 15.4 Å². The third-order valence-corrected chi connectivity index (χ3v) is 5.64. The molecule has 27 heavy (non-hydrogen) atoms. The van der Waals surface area contributed by atoms with Gasteiger partial charge in [-0.15, -0.1) is 0 Å². The second-order valence-corrected chi connectivity index (χ2v) is 8.18. The van der Waals surface area contributed by atoms with Crippen LogP contribution >= 0.6 is 0 Å². The van der Waals surface area contributed by atoms with Crippen molar-refractivity contribution in [3.63, 3.8) is 0 Å². The molecule has 1 aliphatic carbocycles. The Morgan fingerprint density at radius 3 is 2.81 bits per heavy atom. The molecule has 1 aliphatic heterocycles. The summed E-state index contributed by atoms with van der Waals surface area (Å²) in [7, 11) is 1.95. The molecule has 0 spiro atoms. The van der Waals surface area contributed by atoms with Gasteiger partial charge in [0.1, 0.15) is 0 Å². The number of morpholine rings is 1. The highest BCUT2D eigenvalue weighted by Gasteiger charge is 2.28. The molecule has 1 unspecified atom stereocenters. The molecule has 0 radical (unpaired) electrons. The Hall–Kier alpha value is -1.44. The normalized spacial score (nSPS) is 20.7. The lowest BCUT2D eigenvalue weighted by molar-refractivity contribution is 0.0383. The molecule has 152 valence electrons. The zero-order chi connectivity index (χ0) is 19.2. The summed E-state index contributed by atoms with van der Waals surface area (Å²) in [6, 6.07) is 0.445. The predicted molar refractivity (Wildman–Crippen MR) is 106 cm³/mol. The largest absolute Gasteiger partial charge is 0.379 e. The standard InChI is InChI=1S/C20H35N5O2/c1-15(2)6-7-21-16-4-5-18-17(14-16)19(23-24(18)3)20(26)22-8-9-25-10-12-27-13-11-25/h15-16,21H,4-14H2,1-3H3,(H,22,26). The van der Waals surface area contributed by atoms with E-state index in [1.54, 1.807) is 0 Å². The monoisotopic (exact) mass is 377 g/mol. The van der Waals surface area contributed by atoms with Crippen molar-refractivity contribution < 1.29 is 9.53 Å². The molecule has 2 N–H and O–H groups in total. The summed E-state index contributed by atoms with van der Waals surface area (Å²) in [6.45, 7) is 10.5. The minimum absolute atomic E-state index is 0.0389. The molecule has 7 heteroatoms. The van der Waals surface area contributed by atoms with Crippen molar-refractivity contribution in [1.82, 2.24) is 25.3 Å². The maximum absolute atomic E-state index is 12.7. The second-order valence-electron chi connectivity index (χ2n) is 8.18. The van der Waals surface area contributed by atoms with Crippen LogP contribution in [0.2, 0.25) is 0 Å². The third-order valence-electron chi connectivity index (χ3n) is 5.64. The SMILES string of the molecule is CC(C)CCNC1CCc2c(c(C(=O)NCCN3CCOCC3)nn2C)C1. The number of hydrogen-bond donors (Lipinski definition) is 2. The van der Waals surface area contributed by atoms with Gasteiger partial charge in [0.25, 0.3) is 5.91 Å². The topological polar surface area (TPSA) is 71.4 Å². The Morgan fingerprint density at radius 1 is 1.30 bits per heavy atom. The van der Waals surface area contributed by atoms with E-state index < -0.39 is 0 Å². The predicted octanol–water partition coefficient (Wildman–Crippen LogP) is 0.975. The van der Waals surface area contributed by atoms with Crippen LogP contribution in [0.15, 0.2) is 0 Å². The number of fused-ring (bicyclic) bond motifs is 1. The second kappa shape index (κ2) is 9.66. The quantitative estimate of drug-likeness (QED) is 0.707. The molecule has 2 heterocycles. The van der Waals surface area contributed by atoms with Crippen molar-refractivity contribution in [3.8, 4) is 0 Å². The van der Waals surface area contributed by atoms with Crippen molar-refractivity contribution in [1.29, 1.82) is 0 Å². The summed E-state index contributed by atoms with van der Waals surface area (Å²) < 4.78 is 7.26. The zero-order valence-electron chi connectivity index (χ0n) is 17.1. The molecule has 3 rings (SSSR count). The molecule has 1 saturated heterocycles. The highest BCUT2D eigenvalue weighted by molar-refractivity contribution is 5.94. The van der Waals surface area contributed by atoms with E-state index in [-0.39, 0.29) is 5.91 Å². The van der Waals surface area contributed by atoms with Crippen LogP contribution in [0.4, 0.5) is 0 Å². The van der Waals surface area contributed by atoms with Gasteiger partial charge in [-0.1, -0.05) is 13.8 Å². The fraction of sp³-hybridized carbons (Fsp3) is 0.800. The van der Waals surface area contributed by atoms with Gasteiger partial charge in [-0.25, -0.2) is 0 Å². The molecule has 0 bridgehead atoms. The lowest BCUT2D eigenvalue weighted by Gasteiger charge is -2.26. The van der Waals surface area contributed by atoms with Gasteiger partial charge in [0, 0.05) is 50.5 Å². The van der Waals surface area contributed by atoms with Crippen molar-refractivity contribution in [2.24, 2.45) is 13.0 Å². The first-order chi connectivity index (χ1) is 13.0. The van der Waals surface area contributed by atoms with Crippen LogP contribution in [0, 0.1) is 5.92 Å². The molecule has 1 aromatic rings. The highest BCUT2D eigenvalue weighted by Crippen LogP contribution is 2.24. The number of aromatic nitrogens is 2. The summed E-state index contributed by atoms with van der Waals surface area (Å²) >= 11 is 0. The Balaban J connectivity index is 1.54.